The van der Waals surface area contributed by atoms with Gasteiger partial charge in [-0.3, -0.25) is 14.2 Å². The van der Waals surface area contributed by atoms with Crippen LogP contribution in [-0.4, -0.2) is 33.2 Å². The lowest BCUT2D eigenvalue weighted by Gasteiger charge is -2.14. The van der Waals surface area contributed by atoms with Crippen molar-refractivity contribution in [3.8, 4) is 5.75 Å². The van der Waals surface area contributed by atoms with E-state index in [1.54, 1.807) is 30.3 Å². The molecule has 3 aromatic rings. The molecule has 1 atom stereocenters. The molecular formula is C17H16N2O4S. The van der Waals surface area contributed by atoms with Crippen molar-refractivity contribution in [3.63, 3.8) is 0 Å². The molecule has 0 saturated heterocycles. The molecule has 1 N–H and O–H groups in total. The van der Waals surface area contributed by atoms with Gasteiger partial charge in [0.25, 0.3) is 5.56 Å². The largest absolute Gasteiger partial charge is 0.491 e. The number of thiophene rings is 1. The Hall–Kier alpha value is -2.51. The van der Waals surface area contributed by atoms with E-state index < -0.39 is 6.10 Å². The number of ether oxygens (including phenoxy) is 1. The number of hydrogen-bond donors (Lipinski definition) is 1. The highest BCUT2D eigenvalue weighted by molar-refractivity contribution is 7.16. The van der Waals surface area contributed by atoms with Crippen LogP contribution in [0.5, 0.6) is 5.75 Å². The van der Waals surface area contributed by atoms with Crippen molar-refractivity contribution in [2.75, 3.05) is 6.61 Å². The second-order valence-electron chi connectivity index (χ2n) is 5.39. The van der Waals surface area contributed by atoms with Crippen molar-refractivity contribution in [2.45, 2.75) is 19.6 Å². The Balaban J connectivity index is 1.66. The Morgan fingerprint density at radius 2 is 2.25 bits per heavy atom. The van der Waals surface area contributed by atoms with Crippen LogP contribution in [-0.2, 0) is 6.54 Å². The summed E-state index contributed by atoms with van der Waals surface area (Å²) in [6.45, 7) is 1.58. The molecule has 0 amide bonds. The summed E-state index contributed by atoms with van der Waals surface area (Å²) in [6.07, 6.45) is 0.558. The molecule has 1 aromatic carbocycles. The number of Topliss-reactive ketones (excluding diaryl/α,β-unsaturated/α-hetero) is 1. The second kappa shape index (κ2) is 6.94. The molecule has 0 aliphatic heterocycles. The first-order valence-electron chi connectivity index (χ1n) is 7.39. The van der Waals surface area contributed by atoms with Crippen LogP contribution in [0.15, 0.2) is 46.8 Å². The number of hydrogen-bond acceptors (Lipinski definition) is 6. The number of aliphatic hydroxyl groups is 1. The summed E-state index contributed by atoms with van der Waals surface area (Å²) in [5.41, 5.74) is 0.365. The molecule has 7 heteroatoms. The van der Waals surface area contributed by atoms with Gasteiger partial charge in [0.1, 0.15) is 23.3 Å². The summed E-state index contributed by atoms with van der Waals surface area (Å²) in [5.74, 6) is 0.447. The van der Waals surface area contributed by atoms with Gasteiger partial charge in [-0.05, 0) is 30.5 Å². The molecule has 2 heterocycles. The van der Waals surface area contributed by atoms with Crippen molar-refractivity contribution in [1.29, 1.82) is 0 Å². The van der Waals surface area contributed by atoms with Crippen LogP contribution in [0.3, 0.4) is 0 Å². The van der Waals surface area contributed by atoms with Crippen LogP contribution in [0.2, 0.25) is 0 Å². The number of fused-ring (bicyclic) bond motifs is 1. The van der Waals surface area contributed by atoms with Crippen molar-refractivity contribution in [2.24, 2.45) is 0 Å². The Labute approximate surface area is 142 Å². The smallest absolute Gasteiger partial charge is 0.262 e. The van der Waals surface area contributed by atoms with E-state index in [1.165, 1.54) is 29.2 Å². The molecular weight excluding hydrogens is 328 g/mol. The normalized spacial score (nSPS) is 12.2. The summed E-state index contributed by atoms with van der Waals surface area (Å²) in [6, 6.07) is 8.48. The Kier molecular flexibility index (Phi) is 4.73. The van der Waals surface area contributed by atoms with Gasteiger partial charge < -0.3 is 9.84 Å². The van der Waals surface area contributed by atoms with Crippen LogP contribution < -0.4 is 10.3 Å². The number of aromatic nitrogens is 2. The van der Waals surface area contributed by atoms with E-state index in [-0.39, 0.29) is 24.5 Å². The van der Waals surface area contributed by atoms with Gasteiger partial charge in [-0.2, -0.15) is 0 Å². The minimum atomic E-state index is -0.874. The molecule has 0 saturated carbocycles. The maximum absolute atomic E-state index is 12.3. The van der Waals surface area contributed by atoms with E-state index in [4.69, 9.17) is 4.74 Å². The van der Waals surface area contributed by atoms with Gasteiger partial charge in [0.05, 0.1) is 18.3 Å². The zero-order valence-electron chi connectivity index (χ0n) is 13.0. The minimum Gasteiger partial charge on any atom is -0.491 e. The molecule has 6 nitrogen and oxygen atoms in total. The number of rotatable bonds is 6. The number of ketones is 1. The van der Waals surface area contributed by atoms with Gasteiger partial charge >= 0.3 is 0 Å². The highest BCUT2D eigenvalue weighted by atomic mass is 32.1. The molecule has 124 valence electrons. The third-order valence-electron chi connectivity index (χ3n) is 3.54. The van der Waals surface area contributed by atoms with Gasteiger partial charge in [-0.15, -0.1) is 11.3 Å². The predicted molar refractivity (Wildman–Crippen MR) is 91.8 cm³/mol. The number of nitrogens with zero attached hydrogens (tertiary/aromatic N) is 2. The SMILES string of the molecule is CC(=O)c1cccc(OCC(O)Cn2cnc3sccc3c2=O)c1. The zero-order valence-corrected chi connectivity index (χ0v) is 13.8. The minimum absolute atomic E-state index is 0.00940. The zero-order chi connectivity index (χ0) is 17.1. The monoisotopic (exact) mass is 344 g/mol. The van der Waals surface area contributed by atoms with Crippen LogP contribution in [0.25, 0.3) is 10.2 Å². The first kappa shape index (κ1) is 16.4. The predicted octanol–water partition coefficient (Wildman–Crippen LogP) is 2.10. The number of carbonyl (C=O) groups excluding carboxylic acids is 1. The molecule has 3 rings (SSSR count). The highest BCUT2D eigenvalue weighted by Crippen LogP contribution is 2.15. The highest BCUT2D eigenvalue weighted by Gasteiger charge is 2.11. The van der Waals surface area contributed by atoms with Crippen molar-refractivity contribution in [3.05, 3.63) is 58.0 Å². The average Bonchev–Trinajstić information content (AvgIpc) is 3.05. The Morgan fingerprint density at radius 1 is 1.42 bits per heavy atom. The molecule has 1 unspecified atom stereocenters. The third kappa shape index (κ3) is 3.52. The van der Waals surface area contributed by atoms with E-state index in [1.807, 2.05) is 5.38 Å². The lowest BCUT2D eigenvalue weighted by molar-refractivity contribution is 0.0913. The number of aliphatic hydroxyl groups excluding tert-OH is 1. The Bertz CT molecular complexity index is 931. The summed E-state index contributed by atoms with van der Waals surface area (Å²) in [5, 5.41) is 12.5. The first-order valence-corrected chi connectivity index (χ1v) is 8.27. The van der Waals surface area contributed by atoms with Crippen molar-refractivity contribution in [1.82, 2.24) is 9.55 Å². The molecule has 0 radical (unpaired) electrons. The molecule has 0 aliphatic carbocycles. The fourth-order valence-electron chi connectivity index (χ4n) is 2.30. The van der Waals surface area contributed by atoms with Crippen LogP contribution in [0, 0.1) is 0 Å². The third-order valence-corrected chi connectivity index (χ3v) is 4.36. The first-order chi connectivity index (χ1) is 11.5. The van der Waals surface area contributed by atoms with Crippen molar-refractivity contribution >= 4 is 27.3 Å². The van der Waals surface area contributed by atoms with Gasteiger partial charge in [0, 0.05) is 5.56 Å². The van der Waals surface area contributed by atoms with E-state index in [2.05, 4.69) is 4.98 Å². The van der Waals surface area contributed by atoms with E-state index in [0.29, 0.717) is 21.5 Å². The average molecular weight is 344 g/mol. The van der Waals surface area contributed by atoms with Crippen LogP contribution in [0.4, 0.5) is 0 Å². The van der Waals surface area contributed by atoms with E-state index in [0.717, 1.165) is 0 Å². The second-order valence-corrected chi connectivity index (χ2v) is 6.28. The topological polar surface area (TPSA) is 81.4 Å². The molecule has 0 fully saturated rings. The van der Waals surface area contributed by atoms with E-state index >= 15 is 0 Å². The van der Waals surface area contributed by atoms with Crippen molar-refractivity contribution < 1.29 is 14.6 Å². The molecule has 0 bridgehead atoms. The standard InChI is InChI=1S/C17H16N2O4S/c1-11(20)12-3-2-4-14(7-12)23-9-13(21)8-19-10-18-16-15(17(19)22)5-6-24-16/h2-7,10,13,21H,8-9H2,1H3. The maximum Gasteiger partial charge on any atom is 0.262 e. The summed E-state index contributed by atoms with van der Waals surface area (Å²) < 4.78 is 6.88. The van der Waals surface area contributed by atoms with Crippen LogP contribution >= 0.6 is 11.3 Å². The summed E-state index contributed by atoms with van der Waals surface area (Å²) in [4.78, 5) is 28.5. The number of benzene rings is 1. The maximum atomic E-state index is 12.3. The lowest BCUT2D eigenvalue weighted by Crippen LogP contribution is -2.30. The van der Waals surface area contributed by atoms with E-state index in [9.17, 15) is 14.7 Å². The van der Waals surface area contributed by atoms with Crippen LogP contribution in [0.1, 0.15) is 17.3 Å². The van der Waals surface area contributed by atoms with Gasteiger partial charge in [-0.1, -0.05) is 12.1 Å². The fraction of sp³-hybridized carbons (Fsp3) is 0.235. The molecule has 0 aliphatic rings. The van der Waals surface area contributed by atoms with Gasteiger partial charge in [0.2, 0.25) is 0 Å². The molecule has 0 spiro atoms. The van der Waals surface area contributed by atoms with Gasteiger partial charge in [0.15, 0.2) is 5.78 Å². The lowest BCUT2D eigenvalue weighted by atomic mass is 10.1. The molecule has 24 heavy (non-hydrogen) atoms. The summed E-state index contributed by atoms with van der Waals surface area (Å²) in [7, 11) is 0. The van der Waals surface area contributed by atoms with Gasteiger partial charge in [-0.25, -0.2) is 4.98 Å². The summed E-state index contributed by atoms with van der Waals surface area (Å²) >= 11 is 1.40. The Morgan fingerprint density at radius 3 is 3.04 bits per heavy atom. The fourth-order valence-corrected chi connectivity index (χ4v) is 3.02. The number of carbonyl (C=O) groups is 1. The molecule has 2 aromatic heterocycles. The quantitative estimate of drug-likeness (QED) is 0.693.